The molecule has 0 saturated carbocycles. The molecule has 3 aromatic heterocycles. The first-order valence-corrected chi connectivity index (χ1v) is 9.34. The van der Waals surface area contributed by atoms with Gasteiger partial charge in [-0.1, -0.05) is 0 Å². The largest absolute Gasteiger partial charge is 0.491 e. The summed E-state index contributed by atoms with van der Waals surface area (Å²) in [5, 5.41) is 8.87. The van der Waals surface area contributed by atoms with E-state index in [0.29, 0.717) is 24.8 Å². The molecule has 0 spiro atoms. The summed E-state index contributed by atoms with van der Waals surface area (Å²) in [6.45, 7) is 11.2. The fraction of sp³-hybridized carbons (Fsp3) is 0.474. The van der Waals surface area contributed by atoms with Gasteiger partial charge in [0.2, 0.25) is 5.95 Å². The maximum Gasteiger partial charge on any atom is 0.223 e. The number of hydrogen-bond acceptors (Lipinski definition) is 7. The zero-order valence-corrected chi connectivity index (χ0v) is 16.7. The molecule has 144 valence electrons. The van der Waals surface area contributed by atoms with E-state index < -0.39 is 0 Å². The second kappa shape index (κ2) is 8.20. The lowest BCUT2D eigenvalue weighted by atomic mass is 10.1. The van der Waals surface area contributed by atoms with Gasteiger partial charge in [0.1, 0.15) is 5.82 Å². The van der Waals surface area contributed by atoms with Crippen molar-refractivity contribution in [3.05, 3.63) is 29.7 Å². The summed E-state index contributed by atoms with van der Waals surface area (Å²) in [7, 11) is 1.93. The first-order chi connectivity index (χ1) is 13.1. The van der Waals surface area contributed by atoms with Crippen molar-refractivity contribution in [3.8, 4) is 5.75 Å². The maximum absolute atomic E-state index is 5.39. The first-order valence-electron chi connectivity index (χ1n) is 9.34. The molecule has 0 atom stereocenters. The van der Waals surface area contributed by atoms with E-state index in [4.69, 9.17) is 9.72 Å². The van der Waals surface area contributed by atoms with Gasteiger partial charge < -0.3 is 15.0 Å². The predicted octanol–water partition coefficient (Wildman–Crippen LogP) is 2.92. The average Bonchev–Trinajstić information content (AvgIpc) is 2.95. The highest BCUT2D eigenvalue weighted by atomic mass is 16.5. The van der Waals surface area contributed by atoms with E-state index in [2.05, 4.69) is 45.2 Å². The minimum atomic E-state index is 0.562. The topological polar surface area (TPSA) is 81.0 Å². The van der Waals surface area contributed by atoms with Crippen LogP contribution in [-0.4, -0.2) is 44.4 Å². The number of aryl methyl sites for hydroxylation is 2. The monoisotopic (exact) mass is 369 g/mol. The van der Waals surface area contributed by atoms with Gasteiger partial charge in [-0.15, -0.1) is 0 Å². The van der Waals surface area contributed by atoms with Crippen molar-refractivity contribution in [3.63, 3.8) is 0 Å². The molecule has 8 heteroatoms. The first kappa shape index (κ1) is 18.9. The van der Waals surface area contributed by atoms with Crippen molar-refractivity contribution in [2.24, 2.45) is 7.05 Å². The molecule has 3 heterocycles. The lowest BCUT2D eigenvalue weighted by Gasteiger charge is -2.23. The van der Waals surface area contributed by atoms with Crippen molar-refractivity contribution in [2.45, 2.75) is 34.2 Å². The summed E-state index contributed by atoms with van der Waals surface area (Å²) in [5.74, 6) is 2.20. The number of hydrogen-bond donors (Lipinski definition) is 1. The molecule has 27 heavy (non-hydrogen) atoms. The van der Waals surface area contributed by atoms with Gasteiger partial charge >= 0.3 is 0 Å². The number of nitrogens with one attached hydrogen (secondary N) is 1. The second-order valence-corrected chi connectivity index (χ2v) is 6.25. The van der Waals surface area contributed by atoms with Crippen LogP contribution in [0, 0.1) is 6.92 Å². The number of anilines is 2. The van der Waals surface area contributed by atoms with Crippen molar-refractivity contribution in [2.75, 3.05) is 29.9 Å². The highest BCUT2D eigenvalue weighted by Gasteiger charge is 2.16. The highest BCUT2D eigenvalue weighted by Crippen LogP contribution is 2.26. The molecule has 1 N–H and O–H groups in total. The van der Waals surface area contributed by atoms with Gasteiger partial charge in [0.25, 0.3) is 0 Å². The molecule has 0 unspecified atom stereocenters. The Hall–Kier alpha value is -2.90. The van der Waals surface area contributed by atoms with Crippen molar-refractivity contribution in [1.29, 1.82) is 0 Å². The third-order valence-corrected chi connectivity index (χ3v) is 4.49. The van der Waals surface area contributed by atoms with E-state index in [9.17, 15) is 0 Å². The van der Waals surface area contributed by atoms with Crippen LogP contribution in [0.25, 0.3) is 11.0 Å². The summed E-state index contributed by atoms with van der Waals surface area (Å²) in [5.41, 5.74) is 2.97. The number of rotatable bonds is 8. The van der Waals surface area contributed by atoms with Crippen molar-refractivity contribution < 1.29 is 4.74 Å². The van der Waals surface area contributed by atoms with Crippen LogP contribution >= 0.6 is 0 Å². The Bertz CT molecular complexity index is 901. The zero-order chi connectivity index (χ0) is 19.4. The molecule has 0 saturated heterocycles. The molecule has 0 fully saturated rings. The minimum Gasteiger partial charge on any atom is -0.491 e. The number of aromatic nitrogens is 5. The Morgan fingerprint density at radius 1 is 1.15 bits per heavy atom. The van der Waals surface area contributed by atoms with Gasteiger partial charge in [0.15, 0.2) is 11.4 Å². The van der Waals surface area contributed by atoms with E-state index in [1.54, 1.807) is 12.4 Å². The number of fused-ring (bicyclic) bond motifs is 1. The Kier molecular flexibility index (Phi) is 5.73. The summed E-state index contributed by atoms with van der Waals surface area (Å²) >= 11 is 0. The van der Waals surface area contributed by atoms with E-state index in [0.717, 1.165) is 41.2 Å². The lowest BCUT2D eigenvalue weighted by molar-refractivity contribution is 0.337. The third-order valence-electron chi connectivity index (χ3n) is 4.49. The van der Waals surface area contributed by atoms with Gasteiger partial charge in [0.05, 0.1) is 24.7 Å². The number of nitrogens with zero attached hydrogens (tertiary/aromatic N) is 6. The van der Waals surface area contributed by atoms with Crippen LogP contribution in [0.2, 0.25) is 0 Å². The van der Waals surface area contributed by atoms with Crippen LogP contribution in [0.1, 0.15) is 32.0 Å². The minimum absolute atomic E-state index is 0.562. The molecule has 0 aliphatic rings. The van der Waals surface area contributed by atoms with E-state index in [-0.39, 0.29) is 0 Å². The lowest BCUT2D eigenvalue weighted by Crippen LogP contribution is -2.25. The fourth-order valence-corrected chi connectivity index (χ4v) is 3.12. The molecular weight excluding hydrogens is 342 g/mol. The molecule has 0 aromatic carbocycles. The van der Waals surface area contributed by atoms with E-state index >= 15 is 0 Å². The molecule has 8 nitrogen and oxygen atoms in total. The predicted molar refractivity (Wildman–Crippen MR) is 107 cm³/mol. The smallest absolute Gasteiger partial charge is 0.223 e. The van der Waals surface area contributed by atoms with Gasteiger partial charge in [-0.05, 0) is 33.8 Å². The molecule has 3 rings (SSSR count). The summed E-state index contributed by atoms with van der Waals surface area (Å²) in [4.78, 5) is 15.8. The van der Waals surface area contributed by atoms with Gasteiger partial charge in [-0.2, -0.15) is 5.10 Å². The third kappa shape index (κ3) is 3.94. The van der Waals surface area contributed by atoms with Gasteiger partial charge in [-0.3, -0.25) is 4.68 Å². The van der Waals surface area contributed by atoms with Gasteiger partial charge in [-0.25, -0.2) is 15.0 Å². The summed E-state index contributed by atoms with van der Waals surface area (Å²) in [6.07, 6.45) is 3.35. The normalized spacial score (nSPS) is 11.0. The number of ether oxygens (including phenoxy) is 1. The van der Waals surface area contributed by atoms with Crippen LogP contribution in [0.5, 0.6) is 5.75 Å². The zero-order valence-electron chi connectivity index (χ0n) is 16.7. The molecule has 0 aliphatic heterocycles. The molecule has 0 bridgehead atoms. The Morgan fingerprint density at radius 2 is 1.85 bits per heavy atom. The van der Waals surface area contributed by atoms with Crippen LogP contribution in [0.4, 0.5) is 11.8 Å². The van der Waals surface area contributed by atoms with Crippen molar-refractivity contribution >= 4 is 22.8 Å². The molecule has 3 aromatic rings. The quantitative estimate of drug-likeness (QED) is 0.654. The standard InChI is InChI=1S/C19H27N7O/c1-6-26(7-2)17-14(9-16-13(4)24-25(5)18(16)23-17)10-20-19-21-11-15(12-22-19)27-8-3/h9,11-12H,6-8,10H2,1-5H3,(H,20,21,22). The summed E-state index contributed by atoms with van der Waals surface area (Å²) in [6, 6.07) is 2.17. The van der Waals surface area contributed by atoms with Crippen LogP contribution in [0.3, 0.4) is 0 Å². The van der Waals surface area contributed by atoms with Crippen LogP contribution in [0.15, 0.2) is 18.5 Å². The number of pyridine rings is 1. The Morgan fingerprint density at radius 3 is 2.48 bits per heavy atom. The molecule has 0 aliphatic carbocycles. The van der Waals surface area contributed by atoms with E-state index in [1.807, 2.05) is 25.6 Å². The molecule has 0 amide bonds. The SMILES string of the molecule is CCOc1cnc(NCc2cc3c(C)nn(C)c3nc2N(CC)CC)nc1. The van der Waals surface area contributed by atoms with Crippen LogP contribution < -0.4 is 15.0 Å². The highest BCUT2D eigenvalue weighted by molar-refractivity contribution is 5.81. The Balaban J connectivity index is 1.91. The fourth-order valence-electron chi connectivity index (χ4n) is 3.12. The second-order valence-electron chi connectivity index (χ2n) is 6.25. The van der Waals surface area contributed by atoms with Gasteiger partial charge in [0, 0.05) is 37.6 Å². The average molecular weight is 369 g/mol. The van der Waals surface area contributed by atoms with E-state index in [1.165, 1.54) is 0 Å². The molecular formula is C19H27N7O. The maximum atomic E-state index is 5.39. The Labute approximate surface area is 159 Å². The van der Waals surface area contributed by atoms with Crippen molar-refractivity contribution in [1.82, 2.24) is 24.7 Å². The summed E-state index contributed by atoms with van der Waals surface area (Å²) < 4.78 is 7.23. The molecule has 0 radical (unpaired) electrons. The van der Waals surface area contributed by atoms with Crippen LogP contribution in [-0.2, 0) is 13.6 Å².